The van der Waals surface area contributed by atoms with Crippen molar-refractivity contribution in [1.82, 2.24) is 0 Å². The molecule has 6 saturated carbocycles. The van der Waals surface area contributed by atoms with Crippen LogP contribution in [0.2, 0.25) is 0 Å². The van der Waals surface area contributed by atoms with E-state index >= 15 is 0 Å². The van der Waals surface area contributed by atoms with Crippen molar-refractivity contribution >= 4 is 5.78 Å². The second kappa shape index (κ2) is 4.04. The molecule has 7 atom stereocenters. The first kappa shape index (κ1) is 14.9. The number of ketones is 1. The van der Waals surface area contributed by atoms with Gasteiger partial charge in [0.2, 0.25) is 0 Å². The summed E-state index contributed by atoms with van der Waals surface area (Å²) in [5.74, 6) is 3.05. The monoisotopic (exact) mass is 318 g/mol. The standard InChI is InChI=1S/C20H30O3/c1-17-6-12(23)7-20(10-21,11-22)15(17)3-4-19-8-14-13(5-16(17)19)18(14,2)9-19/h13-16,21-22H,3-11H2,1-2H3/t13-,14?,15?,16?,17+,18-,19+/m1/s1. The molecule has 23 heavy (non-hydrogen) atoms. The summed E-state index contributed by atoms with van der Waals surface area (Å²) in [4.78, 5) is 12.6. The maximum atomic E-state index is 12.6. The molecule has 1 spiro atoms. The molecular formula is C20H30O3. The summed E-state index contributed by atoms with van der Waals surface area (Å²) < 4.78 is 0. The number of Topliss-reactive ketones (excluding diaryl/α,β-unsaturated/α-hetero) is 1. The summed E-state index contributed by atoms with van der Waals surface area (Å²) in [5.41, 5.74) is 0.504. The first-order valence-corrected chi connectivity index (χ1v) is 9.57. The highest BCUT2D eigenvalue weighted by molar-refractivity contribution is 5.81. The molecule has 3 nitrogen and oxygen atoms in total. The maximum Gasteiger partial charge on any atom is 0.134 e. The van der Waals surface area contributed by atoms with Gasteiger partial charge >= 0.3 is 0 Å². The van der Waals surface area contributed by atoms with Gasteiger partial charge in [0.05, 0.1) is 13.2 Å². The zero-order valence-electron chi connectivity index (χ0n) is 14.5. The van der Waals surface area contributed by atoms with Crippen molar-refractivity contribution in [2.75, 3.05) is 13.2 Å². The quantitative estimate of drug-likeness (QED) is 0.823. The van der Waals surface area contributed by atoms with Gasteiger partial charge in [0.15, 0.2) is 0 Å². The first-order chi connectivity index (χ1) is 10.8. The molecule has 128 valence electrons. The molecule has 4 bridgehead atoms. The van der Waals surface area contributed by atoms with E-state index in [0.29, 0.717) is 35.5 Å². The molecule has 3 unspecified atom stereocenters. The Hall–Kier alpha value is -0.410. The van der Waals surface area contributed by atoms with Crippen LogP contribution in [0.1, 0.15) is 58.8 Å². The van der Waals surface area contributed by atoms with Gasteiger partial charge in [-0.25, -0.2) is 0 Å². The molecule has 6 aliphatic rings. The molecule has 0 saturated heterocycles. The average molecular weight is 318 g/mol. The van der Waals surface area contributed by atoms with Gasteiger partial charge in [0.1, 0.15) is 5.78 Å². The molecular weight excluding hydrogens is 288 g/mol. The van der Waals surface area contributed by atoms with Crippen molar-refractivity contribution < 1.29 is 15.0 Å². The lowest BCUT2D eigenvalue weighted by Crippen LogP contribution is -2.61. The van der Waals surface area contributed by atoms with Crippen LogP contribution in [0, 0.1) is 45.3 Å². The van der Waals surface area contributed by atoms with Gasteiger partial charge in [0.25, 0.3) is 0 Å². The van der Waals surface area contributed by atoms with Crippen molar-refractivity contribution in [1.29, 1.82) is 0 Å². The Labute approximate surface area is 138 Å². The molecule has 3 heteroatoms. The zero-order valence-corrected chi connectivity index (χ0v) is 14.5. The zero-order chi connectivity index (χ0) is 16.3. The van der Waals surface area contributed by atoms with Crippen molar-refractivity contribution in [2.45, 2.75) is 58.8 Å². The van der Waals surface area contributed by atoms with Gasteiger partial charge < -0.3 is 10.2 Å². The molecule has 6 fully saturated rings. The lowest BCUT2D eigenvalue weighted by atomic mass is 9.39. The van der Waals surface area contributed by atoms with Crippen LogP contribution in [-0.2, 0) is 4.79 Å². The number of fused-ring (bicyclic) bond motifs is 1. The molecule has 6 aliphatic carbocycles. The molecule has 0 aromatic rings. The summed E-state index contributed by atoms with van der Waals surface area (Å²) in [6.07, 6.45) is 7.47. The van der Waals surface area contributed by atoms with Gasteiger partial charge in [-0.1, -0.05) is 13.8 Å². The largest absolute Gasteiger partial charge is 0.396 e. The van der Waals surface area contributed by atoms with Crippen LogP contribution in [0.5, 0.6) is 0 Å². The molecule has 0 aromatic carbocycles. The third-order valence-electron chi connectivity index (χ3n) is 9.68. The Morgan fingerprint density at radius 3 is 2.39 bits per heavy atom. The summed E-state index contributed by atoms with van der Waals surface area (Å²) in [6.45, 7) is 4.75. The maximum absolute atomic E-state index is 12.6. The highest BCUT2D eigenvalue weighted by Crippen LogP contribution is 2.85. The first-order valence-electron chi connectivity index (χ1n) is 9.57. The van der Waals surface area contributed by atoms with Crippen LogP contribution in [-0.4, -0.2) is 29.2 Å². The van der Waals surface area contributed by atoms with E-state index < -0.39 is 5.41 Å². The summed E-state index contributed by atoms with van der Waals surface area (Å²) in [6, 6.07) is 0. The minimum Gasteiger partial charge on any atom is -0.396 e. The Balaban J connectivity index is 1.57. The van der Waals surface area contributed by atoms with E-state index in [1.54, 1.807) is 0 Å². The summed E-state index contributed by atoms with van der Waals surface area (Å²) in [5, 5.41) is 20.1. The predicted molar refractivity (Wildman–Crippen MR) is 86.5 cm³/mol. The van der Waals surface area contributed by atoms with E-state index in [0.717, 1.165) is 18.3 Å². The molecule has 0 heterocycles. The van der Waals surface area contributed by atoms with Gasteiger partial charge in [-0.05, 0) is 72.0 Å². The van der Waals surface area contributed by atoms with Crippen LogP contribution in [0.15, 0.2) is 0 Å². The third-order valence-corrected chi connectivity index (χ3v) is 9.68. The predicted octanol–water partition coefficient (Wildman–Crippen LogP) is 2.79. The number of rotatable bonds is 2. The molecule has 2 N–H and O–H groups in total. The van der Waals surface area contributed by atoms with Crippen molar-refractivity contribution in [3.63, 3.8) is 0 Å². The normalized spacial score (nSPS) is 58.5. The van der Waals surface area contributed by atoms with Gasteiger partial charge in [-0.15, -0.1) is 0 Å². The summed E-state index contributed by atoms with van der Waals surface area (Å²) in [7, 11) is 0. The van der Waals surface area contributed by atoms with E-state index in [-0.39, 0.29) is 24.4 Å². The molecule has 0 aromatic heterocycles. The highest BCUT2D eigenvalue weighted by atomic mass is 16.3. The van der Waals surface area contributed by atoms with Crippen LogP contribution in [0.25, 0.3) is 0 Å². The van der Waals surface area contributed by atoms with Crippen molar-refractivity contribution in [3.8, 4) is 0 Å². The van der Waals surface area contributed by atoms with E-state index in [9.17, 15) is 15.0 Å². The van der Waals surface area contributed by atoms with Gasteiger partial charge in [-0.2, -0.15) is 0 Å². The number of aliphatic hydroxyl groups excluding tert-OH is 2. The minimum atomic E-state index is -0.570. The summed E-state index contributed by atoms with van der Waals surface area (Å²) >= 11 is 0. The Morgan fingerprint density at radius 2 is 1.78 bits per heavy atom. The number of carbonyl (C=O) groups excluding carboxylic acids is 1. The molecule has 0 aliphatic heterocycles. The number of carbonyl (C=O) groups is 1. The molecule has 0 radical (unpaired) electrons. The second-order valence-corrected chi connectivity index (χ2v) is 10.4. The lowest BCUT2D eigenvalue weighted by molar-refractivity contribution is -0.189. The van der Waals surface area contributed by atoms with Crippen LogP contribution in [0.4, 0.5) is 0 Å². The fourth-order valence-electron chi connectivity index (χ4n) is 8.85. The fraction of sp³-hybridized carbons (Fsp3) is 0.950. The smallest absolute Gasteiger partial charge is 0.134 e. The number of aliphatic hydroxyl groups is 2. The topological polar surface area (TPSA) is 57.5 Å². The lowest BCUT2D eigenvalue weighted by Gasteiger charge is -2.65. The van der Waals surface area contributed by atoms with E-state index in [1.165, 1.54) is 25.7 Å². The highest BCUT2D eigenvalue weighted by Gasteiger charge is 2.78. The van der Waals surface area contributed by atoms with Crippen LogP contribution in [0.3, 0.4) is 0 Å². The van der Waals surface area contributed by atoms with E-state index in [1.807, 2.05) is 0 Å². The fourth-order valence-corrected chi connectivity index (χ4v) is 8.85. The third kappa shape index (κ3) is 1.49. The van der Waals surface area contributed by atoms with Crippen molar-refractivity contribution in [3.05, 3.63) is 0 Å². The molecule has 6 rings (SSSR count). The number of hydrogen-bond acceptors (Lipinski definition) is 3. The SMILES string of the molecule is C[C@]12CC(=O)CC(CO)(CO)C1CC[C@@]13CC4[C@@H](CC12)[C@@]4(C)C3. The van der Waals surface area contributed by atoms with E-state index in [4.69, 9.17) is 0 Å². The Bertz CT molecular complexity index is 581. The second-order valence-electron chi connectivity index (χ2n) is 10.4. The average Bonchev–Trinajstić information content (AvgIpc) is 2.96. The van der Waals surface area contributed by atoms with Crippen LogP contribution < -0.4 is 0 Å². The van der Waals surface area contributed by atoms with Gasteiger partial charge in [0, 0.05) is 18.3 Å². The van der Waals surface area contributed by atoms with Crippen molar-refractivity contribution in [2.24, 2.45) is 45.3 Å². The van der Waals surface area contributed by atoms with Gasteiger partial charge in [-0.3, -0.25) is 4.79 Å². The molecule has 0 amide bonds. The Morgan fingerprint density at radius 1 is 1.04 bits per heavy atom. The van der Waals surface area contributed by atoms with Crippen LogP contribution >= 0.6 is 0 Å². The Kier molecular flexibility index (Phi) is 2.62. The number of hydrogen-bond donors (Lipinski definition) is 2. The van der Waals surface area contributed by atoms with E-state index in [2.05, 4.69) is 13.8 Å². The minimum absolute atomic E-state index is 0.00602.